The number of allylic oxidation sites excluding steroid dienone is 2. The van der Waals surface area contributed by atoms with E-state index < -0.39 is 0 Å². The molecule has 0 spiro atoms. The quantitative estimate of drug-likeness (QED) is 0.556. The monoisotopic (exact) mass is 400 g/mol. The first kappa shape index (κ1) is 21.6. The highest BCUT2D eigenvalue weighted by Crippen LogP contribution is 2.65. The van der Waals surface area contributed by atoms with E-state index in [1.807, 2.05) is 0 Å². The van der Waals surface area contributed by atoms with Crippen molar-refractivity contribution >= 4 is 5.78 Å². The van der Waals surface area contributed by atoms with E-state index >= 15 is 0 Å². The summed E-state index contributed by atoms with van der Waals surface area (Å²) in [6, 6.07) is 0. The van der Waals surface area contributed by atoms with Crippen LogP contribution in [-0.2, 0) is 4.79 Å². The molecule has 0 radical (unpaired) electrons. The van der Waals surface area contributed by atoms with Crippen LogP contribution in [0.1, 0.15) is 105 Å². The van der Waals surface area contributed by atoms with E-state index in [-0.39, 0.29) is 11.5 Å². The molecule has 0 bridgehead atoms. The molecule has 164 valence electrons. The van der Waals surface area contributed by atoms with Gasteiger partial charge in [-0.1, -0.05) is 59.5 Å². The van der Waals surface area contributed by atoms with Crippen molar-refractivity contribution in [3.05, 3.63) is 11.1 Å². The second-order valence-corrected chi connectivity index (χ2v) is 12.1. The van der Waals surface area contributed by atoms with Gasteiger partial charge >= 0.3 is 0 Å². The van der Waals surface area contributed by atoms with Gasteiger partial charge in [-0.2, -0.15) is 0 Å². The first-order chi connectivity index (χ1) is 13.7. The summed E-state index contributed by atoms with van der Waals surface area (Å²) in [5.41, 5.74) is 3.29. The van der Waals surface area contributed by atoms with Gasteiger partial charge in [-0.15, -0.1) is 0 Å². The molecule has 29 heavy (non-hydrogen) atoms. The summed E-state index contributed by atoms with van der Waals surface area (Å²) in [5.74, 6) is 3.70. The van der Waals surface area contributed by atoms with Gasteiger partial charge in [-0.05, 0) is 85.4 Å². The Morgan fingerprint density at radius 1 is 1.07 bits per heavy atom. The Morgan fingerprint density at radius 2 is 1.83 bits per heavy atom. The molecular weight excluding hydrogens is 356 g/mol. The van der Waals surface area contributed by atoms with E-state index in [0.717, 1.165) is 38.0 Å². The SMILES string of the molecule is CC(C)CCC[C@H](C)[C@@H]1CC(=O)C2=C3CC[C@@H]4C[C@H](O)CC[C@]4(C)[C@@H]3CC[C@@]21C. The molecule has 0 aliphatic heterocycles. The third kappa shape index (κ3) is 3.56. The fourth-order valence-electron chi connectivity index (χ4n) is 8.22. The van der Waals surface area contributed by atoms with Gasteiger partial charge in [0.05, 0.1) is 6.10 Å². The summed E-state index contributed by atoms with van der Waals surface area (Å²) < 4.78 is 0. The molecule has 0 saturated heterocycles. The Bertz CT molecular complexity index is 676. The second kappa shape index (κ2) is 7.81. The minimum Gasteiger partial charge on any atom is -0.393 e. The molecule has 4 aliphatic rings. The number of Topliss-reactive ketones (excluding diaryl/α,β-unsaturated/α-hetero) is 1. The van der Waals surface area contributed by atoms with Crippen molar-refractivity contribution in [2.75, 3.05) is 0 Å². The summed E-state index contributed by atoms with van der Waals surface area (Å²) in [4.78, 5) is 13.4. The molecule has 0 heterocycles. The first-order valence-corrected chi connectivity index (χ1v) is 12.6. The molecule has 3 saturated carbocycles. The van der Waals surface area contributed by atoms with Gasteiger partial charge in [0.15, 0.2) is 5.78 Å². The normalized spacial score (nSPS) is 43.2. The van der Waals surface area contributed by atoms with Crippen molar-refractivity contribution < 1.29 is 9.90 Å². The predicted octanol–water partition coefficient (Wildman–Crippen LogP) is 6.71. The van der Waals surface area contributed by atoms with Crippen LogP contribution in [-0.4, -0.2) is 17.0 Å². The van der Waals surface area contributed by atoms with Crippen LogP contribution in [0.3, 0.4) is 0 Å². The van der Waals surface area contributed by atoms with E-state index in [2.05, 4.69) is 34.6 Å². The Kier molecular flexibility index (Phi) is 5.82. The standard InChI is InChI=1S/C27H44O2/c1-17(2)7-6-8-18(3)23-16-24(29)25-21-10-9-19-15-20(28)11-13-26(19,4)22(21)12-14-27(23,25)5/h17-20,22-23,28H,6-16H2,1-5H3/t18-,19+,20+,22+,23-,26-,27+/m0/s1. The molecule has 4 aliphatic carbocycles. The summed E-state index contributed by atoms with van der Waals surface area (Å²) in [6.07, 6.45) is 12.4. The third-order valence-corrected chi connectivity index (χ3v) is 9.96. The lowest BCUT2D eigenvalue weighted by Crippen LogP contribution is -2.48. The van der Waals surface area contributed by atoms with E-state index in [0.29, 0.717) is 34.9 Å². The average Bonchev–Trinajstić information content (AvgIpc) is 2.93. The fourth-order valence-corrected chi connectivity index (χ4v) is 8.22. The Morgan fingerprint density at radius 3 is 2.55 bits per heavy atom. The second-order valence-electron chi connectivity index (χ2n) is 12.1. The molecule has 1 N–H and O–H groups in total. The smallest absolute Gasteiger partial charge is 0.159 e. The summed E-state index contributed by atoms with van der Waals surface area (Å²) in [7, 11) is 0. The fraction of sp³-hybridized carbons (Fsp3) is 0.889. The number of aliphatic hydroxyl groups excluding tert-OH is 1. The maximum Gasteiger partial charge on any atom is 0.159 e. The Hall–Kier alpha value is -0.630. The van der Waals surface area contributed by atoms with Crippen molar-refractivity contribution in [1.82, 2.24) is 0 Å². The van der Waals surface area contributed by atoms with Gasteiger partial charge in [-0.25, -0.2) is 0 Å². The van der Waals surface area contributed by atoms with Gasteiger partial charge in [0.25, 0.3) is 0 Å². The molecule has 0 aromatic rings. The topological polar surface area (TPSA) is 37.3 Å². The van der Waals surface area contributed by atoms with Crippen LogP contribution in [0, 0.1) is 40.4 Å². The first-order valence-electron chi connectivity index (χ1n) is 12.6. The molecule has 4 rings (SSSR count). The highest BCUT2D eigenvalue weighted by atomic mass is 16.3. The number of rotatable bonds is 5. The van der Waals surface area contributed by atoms with Crippen LogP contribution in [0.2, 0.25) is 0 Å². The van der Waals surface area contributed by atoms with Gasteiger partial charge in [0, 0.05) is 12.0 Å². The maximum atomic E-state index is 13.4. The number of hydrogen-bond acceptors (Lipinski definition) is 2. The zero-order chi connectivity index (χ0) is 21.0. The van der Waals surface area contributed by atoms with Gasteiger partial charge in [0.2, 0.25) is 0 Å². The molecule has 7 atom stereocenters. The van der Waals surface area contributed by atoms with Crippen LogP contribution in [0.4, 0.5) is 0 Å². The van der Waals surface area contributed by atoms with Crippen LogP contribution >= 0.6 is 0 Å². The molecular formula is C27H44O2. The summed E-state index contributed by atoms with van der Waals surface area (Å²) >= 11 is 0. The largest absolute Gasteiger partial charge is 0.393 e. The van der Waals surface area contributed by atoms with Crippen molar-refractivity contribution in [2.45, 2.75) is 111 Å². The number of hydrogen-bond donors (Lipinski definition) is 1. The number of carbonyl (C=O) groups excluding carboxylic acids is 1. The Balaban J connectivity index is 1.59. The number of fused-ring (bicyclic) bond motifs is 4. The number of ketones is 1. The van der Waals surface area contributed by atoms with Crippen molar-refractivity contribution in [3.63, 3.8) is 0 Å². The molecule has 3 fully saturated rings. The van der Waals surface area contributed by atoms with E-state index in [4.69, 9.17) is 0 Å². The van der Waals surface area contributed by atoms with Crippen molar-refractivity contribution in [2.24, 2.45) is 40.4 Å². The van der Waals surface area contributed by atoms with E-state index in [1.54, 1.807) is 5.57 Å². The minimum absolute atomic E-state index is 0.0969. The van der Waals surface area contributed by atoms with Gasteiger partial charge in [-0.3, -0.25) is 4.79 Å². The van der Waals surface area contributed by atoms with Gasteiger partial charge in [0.1, 0.15) is 0 Å². The van der Waals surface area contributed by atoms with Crippen molar-refractivity contribution in [1.29, 1.82) is 0 Å². The number of carbonyl (C=O) groups is 1. The van der Waals surface area contributed by atoms with Crippen LogP contribution in [0.25, 0.3) is 0 Å². The summed E-state index contributed by atoms with van der Waals surface area (Å²) in [5, 5.41) is 10.2. The highest BCUT2D eigenvalue weighted by molar-refractivity contribution is 6.00. The van der Waals surface area contributed by atoms with Gasteiger partial charge < -0.3 is 5.11 Å². The predicted molar refractivity (Wildman–Crippen MR) is 120 cm³/mol. The van der Waals surface area contributed by atoms with E-state index in [9.17, 15) is 9.90 Å². The van der Waals surface area contributed by atoms with Crippen LogP contribution < -0.4 is 0 Å². The highest BCUT2D eigenvalue weighted by Gasteiger charge is 2.57. The minimum atomic E-state index is -0.0969. The lowest BCUT2D eigenvalue weighted by atomic mass is 9.48. The third-order valence-electron chi connectivity index (χ3n) is 9.96. The average molecular weight is 401 g/mol. The zero-order valence-electron chi connectivity index (χ0n) is 19.6. The zero-order valence-corrected chi connectivity index (χ0v) is 19.6. The molecule has 0 amide bonds. The lowest BCUT2D eigenvalue weighted by Gasteiger charge is -2.56. The van der Waals surface area contributed by atoms with E-state index in [1.165, 1.54) is 44.1 Å². The summed E-state index contributed by atoms with van der Waals surface area (Å²) in [6.45, 7) is 12.0. The molecule has 0 aromatic carbocycles. The van der Waals surface area contributed by atoms with Crippen molar-refractivity contribution in [3.8, 4) is 0 Å². The number of aliphatic hydroxyl groups is 1. The Labute approximate surface area is 178 Å². The molecule has 2 nitrogen and oxygen atoms in total. The maximum absolute atomic E-state index is 13.4. The van der Waals surface area contributed by atoms with Crippen LogP contribution in [0.5, 0.6) is 0 Å². The molecule has 0 aromatic heterocycles. The lowest BCUT2D eigenvalue weighted by molar-refractivity contribution is -0.115. The molecule has 2 heteroatoms. The van der Waals surface area contributed by atoms with Crippen LogP contribution in [0.15, 0.2) is 11.1 Å². The molecule has 0 unspecified atom stereocenters.